The first-order valence-electron chi connectivity index (χ1n) is 10.2. The normalized spacial score (nSPS) is 24.4. The molecule has 2 aromatic rings. The van der Waals surface area contributed by atoms with Crippen molar-refractivity contribution in [1.82, 2.24) is 15.0 Å². The summed E-state index contributed by atoms with van der Waals surface area (Å²) in [5.74, 6) is -7.04. The first kappa shape index (κ1) is 25.1. The van der Waals surface area contributed by atoms with Crippen LogP contribution in [-0.2, 0) is 33.3 Å². The summed E-state index contributed by atoms with van der Waals surface area (Å²) in [4.78, 5) is 34.8. The van der Waals surface area contributed by atoms with Gasteiger partial charge in [-0.1, -0.05) is 12.1 Å². The van der Waals surface area contributed by atoms with E-state index in [-0.39, 0.29) is 17.9 Å². The summed E-state index contributed by atoms with van der Waals surface area (Å²) in [5.41, 5.74) is -0.0852. The quantitative estimate of drug-likeness (QED) is 0.345. The molecular formula is C21H22F3N3O7. The summed E-state index contributed by atoms with van der Waals surface area (Å²) >= 11 is 0. The summed E-state index contributed by atoms with van der Waals surface area (Å²) < 4.78 is 63.4. The maximum Gasteiger partial charge on any atom is 0.304 e. The molecule has 0 N–H and O–H groups in total. The Morgan fingerprint density at radius 3 is 2.21 bits per heavy atom. The van der Waals surface area contributed by atoms with Crippen LogP contribution in [0.4, 0.5) is 13.2 Å². The first-order valence-corrected chi connectivity index (χ1v) is 10.2. The maximum atomic E-state index is 13.7. The topological polar surface area (TPSA) is 119 Å². The van der Waals surface area contributed by atoms with Gasteiger partial charge in [0.1, 0.15) is 24.4 Å². The van der Waals surface area contributed by atoms with Gasteiger partial charge in [-0.3, -0.25) is 14.4 Å². The van der Waals surface area contributed by atoms with Crippen LogP contribution in [0.2, 0.25) is 0 Å². The molecule has 1 aliphatic heterocycles. The van der Waals surface area contributed by atoms with Gasteiger partial charge in [-0.05, 0) is 12.1 Å². The second-order valence-corrected chi connectivity index (χ2v) is 7.72. The number of hydrogen-bond acceptors (Lipinski definition) is 9. The SMILES string of the molecule is CC(=O)OCC1O[C@@H](OC(C)=O)C(C)[C@@H](n2cc(-c3cc(F)c(F)c(F)c3)nn2)[C@H]1OC(C)=O. The molecule has 10 nitrogen and oxygen atoms in total. The van der Waals surface area contributed by atoms with E-state index in [1.165, 1.54) is 31.6 Å². The van der Waals surface area contributed by atoms with Crippen LogP contribution >= 0.6 is 0 Å². The molecule has 3 rings (SSSR count). The Balaban J connectivity index is 2.02. The Hall–Kier alpha value is -3.48. The largest absolute Gasteiger partial charge is 0.463 e. The molecule has 1 saturated heterocycles. The Labute approximate surface area is 191 Å². The molecule has 184 valence electrons. The fraction of sp³-hybridized carbons (Fsp3) is 0.476. The molecular weight excluding hydrogens is 463 g/mol. The van der Waals surface area contributed by atoms with Crippen molar-refractivity contribution in [3.05, 3.63) is 35.8 Å². The Bertz CT molecular complexity index is 1070. The van der Waals surface area contributed by atoms with E-state index in [1.807, 2.05) is 0 Å². The van der Waals surface area contributed by atoms with Gasteiger partial charge in [-0.25, -0.2) is 17.9 Å². The van der Waals surface area contributed by atoms with Crippen LogP contribution in [0.15, 0.2) is 18.3 Å². The van der Waals surface area contributed by atoms with E-state index in [2.05, 4.69) is 10.3 Å². The summed E-state index contributed by atoms with van der Waals surface area (Å²) in [7, 11) is 0. The number of carbonyl (C=O) groups excluding carboxylic acids is 3. The lowest BCUT2D eigenvalue weighted by molar-refractivity contribution is -0.265. The molecule has 0 spiro atoms. The van der Waals surface area contributed by atoms with E-state index in [0.717, 1.165) is 12.1 Å². The predicted octanol–water partition coefficient (Wildman–Crippen LogP) is 2.32. The number of aromatic nitrogens is 3. The number of hydrogen-bond donors (Lipinski definition) is 0. The molecule has 1 aromatic heterocycles. The number of rotatable bonds is 6. The molecule has 1 fully saturated rings. The molecule has 5 atom stereocenters. The third kappa shape index (κ3) is 5.53. The highest BCUT2D eigenvalue weighted by atomic mass is 19.2. The maximum absolute atomic E-state index is 13.7. The van der Waals surface area contributed by atoms with Crippen molar-refractivity contribution in [3.8, 4) is 11.3 Å². The molecule has 0 bridgehead atoms. The lowest BCUT2D eigenvalue weighted by Crippen LogP contribution is -2.55. The van der Waals surface area contributed by atoms with Crippen molar-refractivity contribution in [2.45, 2.75) is 52.2 Å². The zero-order valence-corrected chi connectivity index (χ0v) is 18.7. The monoisotopic (exact) mass is 485 g/mol. The summed E-state index contributed by atoms with van der Waals surface area (Å²) in [6.45, 7) is 4.83. The molecule has 2 unspecified atom stereocenters. The van der Waals surface area contributed by atoms with Gasteiger partial charge in [-0.2, -0.15) is 0 Å². The van der Waals surface area contributed by atoms with Crippen LogP contribution in [0.5, 0.6) is 0 Å². The van der Waals surface area contributed by atoms with Crippen LogP contribution < -0.4 is 0 Å². The first-order chi connectivity index (χ1) is 16.0. The van der Waals surface area contributed by atoms with Crippen molar-refractivity contribution >= 4 is 17.9 Å². The van der Waals surface area contributed by atoms with Crippen molar-refractivity contribution in [3.63, 3.8) is 0 Å². The zero-order chi connectivity index (χ0) is 25.2. The van der Waals surface area contributed by atoms with Crippen LogP contribution in [0.25, 0.3) is 11.3 Å². The summed E-state index contributed by atoms with van der Waals surface area (Å²) in [6.07, 6.45) is -1.95. The molecule has 34 heavy (non-hydrogen) atoms. The number of carbonyl (C=O) groups is 3. The van der Waals surface area contributed by atoms with Crippen LogP contribution in [0, 0.1) is 23.4 Å². The highest BCUT2D eigenvalue weighted by Gasteiger charge is 2.49. The fourth-order valence-corrected chi connectivity index (χ4v) is 3.67. The number of halogens is 3. The van der Waals surface area contributed by atoms with E-state index in [1.54, 1.807) is 6.92 Å². The summed E-state index contributed by atoms with van der Waals surface area (Å²) in [5, 5.41) is 7.87. The van der Waals surface area contributed by atoms with Gasteiger partial charge in [0.25, 0.3) is 0 Å². The van der Waals surface area contributed by atoms with Crippen LogP contribution in [0.1, 0.15) is 33.7 Å². The Morgan fingerprint density at radius 1 is 1.03 bits per heavy atom. The highest BCUT2D eigenvalue weighted by Crippen LogP contribution is 2.38. The number of benzene rings is 1. The molecule has 1 aromatic carbocycles. The third-order valence-electron chi connectivity index (χ3n) is 5.11. The number of esters is 3. The van der Waals surface area contributed by atoms with E-state index in [0.29, 0.717) is 0 Å². The Kier molecular flexibility index (Phi) is 7.54. The van der Waals surface area contributed by atoms with E-state index < -0.39 is 65.8 Å². The van der Waals surface area contributed by atoms with Crippen LogP contribution in [-0.4, -0.2) is 58.0 Å². The molecule has 0 saturated carbocycles. The minimum absolute atomic E-state index is 0.00126. The average molecular weight is 485 g/mol. The number of ether oxygens (including phenoxy) is 4. The van der Waals surface area contributed by atoms with E-state index in [9.17, 15) is 27.6 Å². The second-order valence-electron chi connectivity index (χ2n) is 7.72. The van der Waals surface area contributed by atoms with Crippen molar-refractivity contribution in [1.29, 1.82) is 0 Å². The molecule has 1 aliphatic rings. The molecule has 0 radical (unpaired) electrons. The van der Waals surface area contributed by atoms with Gasteiger partial charge < -0.3 is 18.9 Å². The van der Waals surface area contributed by atoms with Gasteiger partial charge in [0.2, 0.25) is 6.29 Å². The van der Waals surface area contributed by atoms with Crippen molar-refractivity contribution < 1.29 is 46.5 Å². The van der Waals surface area contributed by atoms with Gasteiger partial charge in [0.05, 0.1) is 6.20 Å². The lowest BCUT2D eigenvalue weighted by atomic mass is 9.89. The van der Waals surface area contributed by atoms with E-state index in [4.69, 9.17) is 18.9 Å². The minimum Gasteiger partial charge on any atom is -0.463 e. The second kappa shape index (κ2) is 10.2. The third-order valence-corrected chi connectivity index (χ3v) is 5.11. The van der Waals surface area contributed by atoms with Gasteiger partial charge in [0, 0.05) is 32.3 Å². The minimum atomic E-state index is -1.62. The Morgan fingerprint density at radius 2 is 1.65 bits per heavy atom. The smallest absolute Gasteiger partial charge is 0.304 e. The van der Waals surface area contributed by atoms with Gasteiger partial charge in [-0.15, -0.1) is 5.10 Å². The fourth-order valence-electron chi connectivity index (χ4n) is 3.67. The molecule has 2 heterocycles. The number of nitrogens with zero attached hydrogens (tertiary/aromatic N) is 3. The van der Waals surface area contributed by atoms with E-state index >= 15 is 0 Å². The molecule has 13 heteroatoms. The van der Waals surface area contributed by atoms with Crippen molar-refractivity contribution in [2.75, 3.05) is 6.61 Å². The molecule has 0 aliphatic carbocycles. The average Bonchev–Trinajstić information content (AvgIpc) is 3.21. The van der Waals surface area contributed by atoms with Crippen molar-refractivity contribution in [2.24, 2.45) is 5.92 Å². The highest BCUT2D eigenvalue weighted by molar-refractivity contribution is 5.67. The van der Waals surface area contributed by atoms with Gasteiger partial charge in [0.15, 0.2) is 23.6 Å². The summed E-state index contributed by atoms with van der Waals surface area (Å²) in [6, 6.07) is 0.656. The molecule has 0 amide bonds. The predicted molar refractivity (Wildman–Crippen MR) is 106 cm³/mol. The standard InChI is InChI=1S/C21H22F3N3O7/c1-9-19(27-7-16(25-26-27)13-5-14(22)18(24)15(23)6-13)20(32-11(3)29)17(8-31-10(2)28)34-21(9)33-12(4)30/h5-7,9,17,19-21H,8H2,1-4H3/t9?,17?,19-,20+,21-/m1/s1. The zero-order valence-electron chi connectivity index (χ0n) is 18.7. The lowest BCUT2D eigenvalue weighted by Gasteiger charge is -2.43. The van der Waals surface area contributed by atoms with Crippen LogP contribution in [0.3, 0.4) is 0 Å². The van der Waals surface area contributed by atoms with Gasteiger partial charge >= 0.3 is 17.9 Å².